The van der Waals surface area contributed by atoms with Gasteiger partial charge in [-0.15, -0.1) is 0 Å². The van der Waals surface area contributed by atoms with E-state index in [-0.39, 0.29) is 12.3 Å². The Morgan fingerprint density at radius 3 is 2.64 bits per heavy atom. The zero-order chi connectivity index (χ0) is 15.9. The van der Waals surface area contributed by atoms with E-state index >= 15 is 0 Å². The highest BCUT2D eigenvalue weighted by Crippen LogP contribution is 2.13. The van der Waals surface area contributed by atoms with Crippen LogP contribution in [-0.2, 0) is 11.3 Å². The van der Waals surface area contributed by atoms with Crippen molar-refractivity contribution in [2.75, 3.05) is 11.9 Å². The number of carbonyl (C=O) groups excluding carboxylic acids is 2. The third-order valence-electron chi connectivity index (χ3n) is 2.90. The van der Waals surface area contributed by atoms with Gasteiger partial charge < -0.3 is 15.8 Å². The van der Waals surface area contributed by atoms with Crippen molar-refractivity contribution in [3.63, 3.8) is 0 Å². The normalized spacial score (nSPS) is 10.2. The Kier molecular flexibility index (Phi) is 5.13. The van der Waals surface area contributed by atoms with Crippen molar-refractivity contribution in [1.29, 1.82) is 0 Å². The molecule has 2 amide bonds. The number of ether oxygens (including phenoxy) is 1. The Labute approximate surface area is 128 Å². The third kappa shape index (κ3) is 4.34. The van der Waals surface area contributed by atoms with Crippen LogP contribution in [0.5, 0.6) is 5.75 Å². The predicted octanol–water partition coefficient (Wildman–Crippen LogP) is 1.41. The second-order valence-corrected chi connectivity index (χ2v) is 4.59. The molecule has 0 bridgehead atoms. The maximum absolute atomic E-state index is 12.1. The molecular formula is C15H18N4O3. The number of primary amides is 1. The quantitative estimate of drug-likeness (QED) is 0.807. The van der Waals surface area contributed by atoms with Crippen LogP contribution in [0.4, 0.5) is 5.82 Å². The average Bonchev–Trinajstić information content (AvgIpc) is 2.94. The van der Waals surface area contributed by atoms with E-state index in [1.807, 2.05) is 6.92 Å². The molecule has 0 fully saturated rings. The molecule has 0 aliphatic carbocycles. The van der Waals surface area contributed by atoms with Crippen molar-refractivity contribution in [2.24, 2.45) is 5.73 Å². The predicted molar refractivity (Wildman–Crippen MR) is 81.6 cm³/mol. The van der Waals surface area contributed by atoms with Crippen LogP contribution >= 0.6 is 0 Å². The lowest BCUT2D eigenvalue weighted by molar-refractivity contribution is -0.118. The number of aryl methyl sites for hydroxylation is 1. The lowest BCUT2D eigenvalue weighted by Gasteiger charge is -2.05. The molecule has 1 aromatic heterocycles. The molecule has 0 saturated heterocycles. The van der Waals surface area contributed by atoms with Crippen LogP contribution in [0.15, 0.2) is 36.5 Å². The summed E-state index contributed by atoms with van der Waals surface area (Å²) in [6.45, 7) is 2.86. The Hall–Kier alpha value is -2.83. The SMILES string of the molecule is CCOc1ccc(C(=O)Nc2ccn(CCC(N)=O)n2)cc1. The summed E-state index contributed by atoms with van der Waals surface area (Å²) in [6, 6.07) is 8.51. The maximum atomic E-state index is 12.1. The molecule has 0 radical (unpaired) electrons. The summed E-state index contributed by atoms with van der Waals surface area (Å²) in [6.07, 6.45) is 1.88. The summed E-state index contributed by atoms with van der Waals surface area (Å²) < 4.78 is 6.88. The van der Waals surface area contributed by atoms with Gasteiger partial charge in [-0.25, -0.2) is 0 Å². The average molecular weight is 302 g/mol. The van der Waals surface area contributed by atoms with Crippen molar-refractivity contribution >= 4 is 17.6 Å². The second-order valence-electron chi connectivity index (χ2n) is 4.59. The number of amides is 2. The van der Waals surface area contributed by atoms with Crippen molar-refractivity contribution in [2.45, 2.75) is 19.9 Å². The molecule has 7 heteroatoms. The molecule has 0 aliphatic heterocycles. The molecule has 0 aliphatic rings. The van der Waals surface area contributed by atoms with Crippen molar-refractivity contribution < 1.29 is 14.3 Å². The zero-order valence-corrected chi connectivity index (χ0v) is 12.3. The molecule has 7 nitrogen and oxygen atoms in total. The zero-order valence-electron chi connectivity index (χ0n) is 12.3. The summed E-state index contributed by atoms with van der Waals surface area (Å²) in [5.41, 5.74) is 5.59. The lowest BCUT2D eigenvalue weighted by Crippen LogP contribution is -2.15. The Bertz CT molecular complexity index is 649. The van der Waals surface area contributed by atoms with Gasteiger partial charge in [-0.1, -0.05) is 0 Å². The smallest absolute Gasteiger partial charge is 0.256 e. The van der Waals surface area contributed by atoms with Crippen LogP contribution in [0.3, 0.4) is 0 Å². The van der Waals surface area contributed by atoms with Gasteiger partial charge in [-0.3, -0.25) is 14.3 Å². The number of aromatic nitrogens is 2. The largest absolute Gasteiger partial charge is 0.494 e. The lowest BCUT2D eigenvalue weighted by atomic mass is 10.2. The van der Waals surface area contributed by atoms with Crippen LogP contribution < -0.4 is 15.8 Å². The number of nitrogens with zero attached hydrogens (tertiary/aromatic N) is 2. The minimum Gasteiger partial charge on any atom is -0.494 e. The highest BCUT2D eigenvalue weighted by molar-refractivity contribution is 6.03. The van der Waals surface area contributed by atoms with Gasteiger partial charge in [0.15, 0.2) is 5.82 Å². The number of anilines is 1. The molecule has 2 aromatic rings. The monoisotopic (exact) mass is 302 g/mol. The molecule has 0 spiro atoms. The first-order chi connectivity index (χ1) is 10.6. The van der Waals surface area contributed by atoms with Crippen LogP contribution in [0, 0.1) is 0 Å². The number of carbonyl (C=O) groups is 2. The van der Waals surface area contributed by atoms with E-state index in [0.29, 0.717) is 24.5 Å². The summed E-state index contributed by atoms with van der Waals surface area (Å²) in [5, 5.41) is 6.84. The van der Waals surface area contributed by atoms with Gasteiger partial charge in [-0.05, 0) is 31.2 Å². The van der Waals surface area contributed by atoms with E-state index in [1.165, 1.54) is 0 Å². The summed E-state index contributed by atoms with van der Waals surface area (Å²) in [7, 11) is 0. The molecule has 0 saturated carbocycles. The number of rotatable bonds is 7. The molecule has 116 valence electrons. The van der Waals surface area contributed by atoms with Crippen molar-refractivity contribution in [1.82, 2.24) is 9.78 Å². The van der Waals surface area contributed by atoms with E-state index < -0.39 is 5.91 Å². The minimum atomic E-state index is -0.393. The van der Waals surface area contributed by atoms with Gasteiger partial charge in [0.25, 0.3) is 5.91 Å². The topological polar surface area (TPSA) is 99.2 Å². The molecule has 22 heavy (non-hydrogen) atoms. The Morgan fingerprint density at radius 2 is 2.00 bits per heavy atom. The van der Waals surface area contributed by atoms with Crippen LogP contribution in [0.1, 0.15) is 23.7 Å². The highest BCUT2D eigenvalue weighted by Gasteiger charge is 2.08. The fourth-order valence-corrected chi connectivity index (χ4v) is 1.84. The van der Waals surface area contributed by atoms with Gasteiger partial charge in [0.05, 0.1) is 6.61 Å². The Balaban J connectivity index is 1.95. The van der Waals surface area contributed by atoms with Crippen molar-refractivity contribution in [3.8, 4) is 5.75 Å². The van der Waals surface area contributed by atoms with E-state index in [1.54, 1.807) is 41.2 Å². The molecule has 3 N–H and O–H groups in total. The summed E-state index contributed by atoms with van der Waals surface area (Å²) in [5.74, 6) is 0.483. The Morgan fingerprint density at radius 1 is 1.27 bits per heavy atom. The van der Waals surface area contributed by atoms with Crippen LogP contribution in [-0.4, -0.2) is 28.2 Å². The maximum Gasteiger partial charge on any atom is 0.256 e. The van der Waals surface area contributed by atoms with Crippen molar-refractivity contribution in [3.05, 3.63) is 42.1 Å². The third-order valence-corrected chi connectivity index (χ3v) is 2.90. The molecular weight excluding hydrogens is 284 g/mol. The highest BCUT2D eigenvalue weighted by atomic mass is 16.5. The van der Waals surface area contributed by atoms with E-state index in [4.69, 9.17) is 10.5 Å². The van der Waals surface area contributed by atoms with Gasteiger partial charge in [0.2, 0.25) is 5.91 Å². The fraction of sp³-hybridized carbons (Fsp3) is 0.267. The standard InChI is InChI=1S/C15H18N4O3/c1-2-22-12-5-3-11(4-6-12)15(21)17-14-8-10-19(18-14)9-7-13(16)20/h3-6,8,10H,2,7,9H2,1H3,(H2,16,20)(H,17,18,21). The molecule has 2 rings (SSSR count). The number of benzene rings is 1. The molecule has 0 unspecified atom stereocenters. The fourth-order valence-electron chi connectivity index (χ4n) is 1.84. The first-order valence-corrected chi connectivity index (χ1v) is 6.94. The van der Waals surface area contributed by atoms with E-state index in [2.05, 4.69) is 10.4 Å². The molecule has 1 heterocycles. The number of hydrogen-bond acceptors (Lipinski definition) is 4. The second kappa shape index (κ2) is 7.26. The van der Waals surface area contributed by atoms with Gasteiger partial charge >= 0.3 is 0 Å². The minimum absolute atomic E-state index is 0.202. The van der Waals surface area contributed by atoms with E-state index in [0.717, 1.165) is 5.75 Å². The summed E-state index contributed by atoms with van der Waals surface area (Å²) >= 11 is 0. The number of hydrogen-bond donors (Lipinski definition) is 2. The summed E-state index contributed by atoms with van der Waals surface area (Å²) in [4.78, 5) is 22.8. The number of nitrogens with one attached hydrogen (secondary N) is 1. The van der Waals surface area contributed by atoms with E-state index in [9.17, 15) is 9.59 Å². The van der Waals surface area contributed by atoms with Gasteiger partial charge in [0, 0.05) is 30.8 Å². The van der Waals surface area contributed by atoms with Crippen LogP contribution in [0.25, 0.3) is 0 Å². The first kappa shape index (κ1) is 15.6. The first-order valence-electron chi connectivity index (χ1n) is 6.94. The molecule has 0 atom stereocenters. The van der Waals surface area contributed by atoms with Crippen LogP contribution in [0.2, 0.25) is 0 Å². The van der Waals surface area contributed by atoms with Gasteiger partial charge in [0.1, 0.15) is 5.75 Å². The van der Waals surface area contributed by atoms with Gasteiger partial charge in [-0.2, -0.15) is 5.10 Å². The number of nitrogens with two attached hydrogens (primary N) is 1. The molecule has 1 aromatic carbocycles.